The molecule has 2 aliphatic heterocycles. The Morgan fingerprint density at radius 1 is 0.906 bits per heavy atom. The van der Waals surface area contributed by atoms with Crippen molar-refractivity contribution in [3.8, 4) is 5.75 Å². The molecule has 0 saturated carbocycles. The summed E-state index contributed by atoms with van der Waals surface area (Å²) in [4.78, 5) is 36.9. The van der Waals surface area contributed by atoms with Crippen LogP contribution in [0.5, 0.6) is 5.75 Å². The minimum Gasteiger partial charge on any atom is -0.465 e. The van der Waals surface area contributed by atoms with Gasteiger partial charge in [0, 0.05) is 56.8 Å². The Bertz CT molecular complexity index is 1680. The normalized spacial score (nSPS) is 15.6. The number of benzene rings is 2. The molecule has 284 valence electrons. The summed E-state index contributed by atoms with van der Waals surface area (Å²) in [5.74, 6) is 2.52. The summed E-state index contributed by atoms with van der Waals surface area (Å²) < 4.78 is 43.4. The zero-order valence-corrected chi connectivity index (χ0v) is 30.6. The number of aromatic nitrogens is 4. The lowest BCUT2D eigenvalue weighted by atomic mass is 9.93. The lowest BCUT2D eigenvalue weighted by Crippen LogP contribution is -2.40. The second kappa shape index (κ2) is 19.4. The van der Waals surface area contributed by atoms with Gasteiger partial charge in [-0.2, -0.15) is 18.3 Å². The van der Waals surface area contributed by atoms with E-state index in [9.17, 15) is 22.8 Å². The van der Waals surface area contributed by atoms with E-state index in [2.05, 4.69) is 56.4 Å². The van der Waals surface area contributed by atoms with Crippen LogP contribution in [0.25, 0.3) is 0 Å². The van der Waals surface area contributed by atoms with Crippen molar-refractivity contribution in [3.63, 3.8) is 0 Å². The SMILES string of the molecule is CN(CCC1CCN(C(=O)O)CC1)Cc1ccccc1.O=C(Oc1ccc(Cc2ccc(C(F)(F)F)cn2)cc1)N1CCC(CSc2ncn[nH]2)CC1. The van der Waals surface area contributed by atoms with Gasteiger partial charge >= 0.3 is 18.4 Å². The third-order valence-electron chi connectivity index (χ3n) is 9.49. The highest BCUT2D eigenvalue weighted by molar-refractivity contribution is 7.99. The van der Waals surface area contributed by atoms with Crippen LogP contribution < -0.4 is 4.74 Å². The van der Waals surface area contributed by atoms with Crippen LogP contribution in [0.1, 0.15) is 54.5 Å². The van der Waals surface area contributed by atoms with Crippen molar-refractivity contribution in [3.05, 3.63) is 102 Å². The third kappa shape index (κ3) is 13.1. The fourth-order valence-electron chi connectivity index (χ4n) is 6.28. The second-order valence-electron chi connectivity index (χ2n) is 13.5. The maximum absolute atomic E-state index is 12.6. The van der Waals surface area contributed by atoms with Gasteiger partial charge in [-0.3, -0.25) is 10.1 Å². The molecule has 2 fully saturated rings. The first-order valence-corrected chi connectivity index (χ1v) is 18.8. The first-order valence-electron chi connectivity index (χ1n) is 17.8. The van der Waals surface area contributed by atoms with Gasteiger partial charge in [-0.05, 0) is 92.9 Å². The van der Waals surface area contributed by atoms with Crippen LogP contribution in [0.3, 0.4) is 0 Å². The number of hydrogen-bond donors (Lipinski definition) is 2. The fraction of sp³-hybridized carbons (Fsp3) is 0.447. The minimum absolute atomic E-state index is 0.381. The van der Waals surface area contributed by atoms with Crippen LogP contribution in [-0.2, 0) is 19.1 Å². The number of rotatable bonds is 11. The van der Waals surface area contributed by atoms with Crippen LogP contribution in [0.15, 0.2) is 84.4 Å². The number of carbonyl (C=O) groups is 2. The predicted octanol–water partition coefficient (Wildman–Crippen LogP) is 7.71. The summed E-state index contributed by atoms with van der Waals surface area (Å²) in [6, 6.07) is 19.8. The molecule has 0 atom stereocenters. The molecule has 0 unspecified atom stereocenters. The topological polar surface area (TPSA) is 128 Å². The zero-order valence-electron chi connectivity index (χ0n) is 29.8. The highest BCUT2D eigenvalue weighted by Gasteiger charge is 2.30. The van der Waals surface area contributed by atoms with E-state index in [1.165, 1.54) is 22.9 Å². The van der Waals surface area contributed by atoms with E-state index in [0.717, 1.165) is 73.9 Å². The average molecular weight is 754 g/mol. The number of thioether (sulfide) groups is 1. The van der Waals surface area contributed by atoms with Crippen LogP contribution in [0, 0.1) is 11.8 Å². The van der Waals surface area contributed by atoms with Crippen LogP contribution in [0.2, 0.25) is 0 Å². The molecule has 15 heteroatoms. The summed E-state index contributed by atoms with van der Waals surface area (Å²) in [5, 5.41) is 16.4. The Hall–Kier alpha value is -4.63. The van der Waals surface area contributed by atoms with Gasteiger partial charge < -0.3 is 24.5 Å². The van der Waals surface area contributed by atoms with Gasteiger partial charge in [0.25, 0.3) is 0 Å². The number of pyridine rings is 1. The Labute approximate surface area is 311 Å². The summed E-state index contributed by atoms with van der Waals surface area (Å²) in [6.45, 7) is 4.72. The maximum atomic E-state index is 12.6. The second-order valence-corrected chi connectivity index (χ2v) is 14.5. The molecule has 2 N–H and O–H groups in total. The number of H-pyrrole nitrogens is 1. The predicted molar refractivity (Wildman–Crippen MR) is 196 cm³/mol. The third-order valence-corrected chi connectivity index (χ3v) is 10.6. The molecule has 2 aliphatic rings. The van der Waals surface area contributed by atoms with E-state index in [-0.39, 0.29) is 6.09 Å². The molecule has 4 heterocycles. The van der Waals surface area contributed by atoms with E-state index in [1.54, 1.807) is 40.9 Å². The molecule has 0 spiro atoms. The maximum Gasteiger partial charge on any atom is 0.417 e. The Balaban J connectivity index is 0.000000231. The van der Waals surface area contributed by atoms with Crippen molar-refractivity contribution >= 4 is 23.9 Å². The molecule has 0 aliphatic carbocycles. The van der Waals surface area contributed by atoms with Crippen LogP contribution in [-0.4, -0.2) is 97.7 Å². The first-order chi connectivity index (χ1) is 25.5. The highest BCUT2D eigenvalue weighted by atomic mass is 32.2. The van der Waals surface area contributed by atoms with E-state index in [1.807, 2.05) is 6.07 Å². The number of carbonyl (C=O) groups excluding carboxylic acids is 1. The van der Waals surface area contributed by atoms with Gasteiger partial charge in [0.1, 0.15) is 12.1 Å². The minimum atomic E-state index is -4.40. The summed E-state index contributed by atoms with van der Waals surface area (Å²) in [6.07, 6.45) is 2.12. The van der Waals surface area contributed by atoms with Crippen LogP contribution in [0.4, 0.5) is 22.8 Å². The van der Waals surface area contributed by atoms with Gasteiger partial charge in [0.15, 0.2) is 5.16 Å². The smallest absolute Gasteiger partial charge is 0.417 e. The summed E-state index contributed by atoms with van der Waals surface area (Å²) in [7, 11) is 2.15. The molecule has 11 nitrogen and oxygen atoms in total. The van der Waals surface area contributed by atoms with E-state index >= 15 is 0 Å². The molecule has 2 saturated heterocycles. The standard InChI is InChI=1S/C22H22F3N5O2S.C16H24N2O2/c23-22(24,25)17-3-4-18(26-12-17)11-15-1-5-19(6-2-15)32-21(31)30-9-7-16(8-10-30)13-33-20-27-14-28-29-20;1-17(13-15-5-3-2-4-6-15)10-7-14-8-11-18(12-9-14)16(19)20/h1-6,12,14,16H,7-11,13H2,(H,27,28,29);2-6,14H,7-13H2,1H3,(H,19,20). The lowest BCUT2D eigenvalue weighted by molar-refractivity contribution is -0.137. The van der Waals surface area contributed by atoms with Crippen molar-refractivity contribution in [2.24, 2.45) is 11.8 Å². The number of hydrogen-bond acceptors (Lipinski definition) is 8. The van der Waals surface area contributed by atoms with E-state index < -0.39 is 17.8 Å². The Morgan fingerprint density at radius 3 is 2.19 bits per heavy atom. The largest absolute Gasteiger partial charge is 0.465 e. The molecular weight excluding hydrogens is 708 g/mol. The molecule has 53 heavy (non-hydrogen) atoms. The molecule has 2 amide bonds. The van der Waals surface area contributed by atoms with Crippen molar-refractivity contribution in [2.75, 3.05) is 45.5 Å². The Kier molecular flexibility index (Phi) is 14.5. The van der Waals surface area contributed by atoms with Crippen molar-refractivity contribution < 1.29 is 32.6 Å². The molecular formula is C38H46F3N7O4S. The van der Waals surface area contributed by atoms with Gasteiger partial charge in [-0.25, -0.2) is 14.6 Å². The van der Waals surface area contributed by atoms with E-state index in [0.29, 0.717) is 55.9 Å². The summed E-state index contributed by atoms with van der Waals surface area (Å²) >= 11 is 1.63. The highest BCUT2D eigenvalue weighted by Crippen LogP contribution is 2.29. The fourth-order valence-corrected chi connectivity index (χ4v) is 7.25. The zero-order chi connectivity index (χ0) is 37.6. The number of amides is 2. The number of piperidine rings is 2. The summed E-state index contributed by atoms with van der Waals surface area (Å²) in [5.41, 5.74) is 1.95. The average Bonchev–Trinajstić information content (AvgIpc) is 3.69. The van der Waals surface area contributed by atoms with Crippen molar-refractivity contribution in [2.45, 2.75) is 56.4 Å². The molecule has 0 radical (unpaired) electrons. The molecule has 2 aromatic carbocycles. The van der Waals surface area contributed by atoms with Gasteiger partial charge in [0.2, 0.25) is 0 Å². The van der Waals surface area contributed by atoms with Crippen LogP contribution >= 0.6 is 11.8 Å². The van der Waals surface area contributed by atoms with Gasteiger partial charge in [-0.15, -0.1) is 0 Å². The number of alkyl halides is 3. The Morgan fingerprint density at radius 2 is 1.58 bits per heavy atom. The monoisotopic (exact) mass is 753 g/mol. The molecule has 2 aromatic heterocycles. The first kappa shape index (κ1) is 39.6. The van der Waals surface area contributed by atoms with Crippen molar-refractivity contribution in [1.82, 2.24) is 34.9 Å². The number of likely N-dealkylation sites (tertiary alicyclic amines) is 2. The van der Waals surface area contributed by atoms with E-state index in [4.69, 9.17) is 9.84 Å². The number of carboxylic acid groups (broad SMARTS) is 1. The number of nitrogens with zero attached hydrogens (tertiary/aromatic N) is 6. The van der Waals surface area contributed by atoms with Gasteiger partial charge in [0.05, 0.1) is 5.56 Å². The number of halogens is 3. The quantitative estimate of drug-likeness (QED) is 0.148. The molecule has 0 bridgehead atoms. The number of nitrogens with one attached hydrogen (secondary N) is 1. The lowest BCUT2D eigenvalue weighted by Gasteiger charge is -2.31. The number of ether oxygens (including phenoxy) is 1. The van der Waals surface area contributed by atoms with Crippen molar-refractivity contribution in [1.29, 1.82) is 0 Å². The molecule has 6 rings (SSSR count). The van der Waals surface area contributed by atoms with Gasteiger partial charge in [-0.1, -0.05) is 54.2 Å². The molecule has 4 aromatic rings. The number of aromatic amines is 1.